The number of hydrogen-bond acceptors (Lipinski definition) is 3. The zero-order chi connectivity index (χ0) is 9.42. The smallest absolute Gasteiger partial charge is 0.239 e. The summed E-state index contributed by atoms with van der Waals surface area (Å²) >= 11 is 5.44. The van der Waals surface area contributed by atoms with Gasteiger partial charge in [0.15, 0.2) is 0 Å². The van der Waals surface area contributed by atoms with Gasteiger partial charge in [0.25, 0.3) is 0 Å². The lowest BCUT2D eigenvalue weighted by Gasteiger charge is -2.00. The van der Waals surface area contributed by atoms with Gasteiger partial charge in [-0.1, -0.05) is 15.9 Å². The molecule has 0 spiro atoms. The predicted molar refractivity (Wildman–Crippen MR) is 61.6 cm³/mol. The lowest BCUT2D eigenvalue weighted by atomic mass is 10.2. The molecule has 0 amide bonds. The molecule has 0 fully saturated rings. The van der Waals surface area contributed by atoms with Gasteiger partial charge in [-0.15, -0.1) is 10.2 Å². The Morgan fingerprint density at radius 3 is 2.77 bits per heavy atom. The summed E-state index contributed by atoms with van der Waals surface area (Å²) in [5, 5.41) is 18.5. The highest BCUT2D eigenvalue weighted by Crippen LogP contribution is 2.27. The van der Waals surface area contributed by atoms with E-state index in [1.54, 1.807) is 0 Å². The Morgan fingerprint density at radius 2 is 2.00 bits per heavy atom. The van der Waals surface area contributed by atoms with Crippen molar-refractivity contribution in [3.8, 4) is 5.88 Å². The average Bonchev–Trinajstić information content (AvgIpc) is 2.12. The molecule has 1 N–H and O–H groups in total. The maximum Gasteiger partial charge on any atom is 0.239 e. The predicted octanol–water partition coefficient (Wildman–Crippen LogP) is 2.70. The first kappa shape index (κ1) is 9.14. The fourth-order valence-corrected chi connectivity index (χ4v) is 2.00. The molecule has 0 atom stereocenters. The molecule has 0 saturated heterocycles. The van der Waals surface area contributed by atoms with Crippen LogP contribution in [0.5, 0.6) is 5.88 Å². The highest BCUT2D eigenvalue weighted by atomic mass is 127. The maximum atomic E-state index is 9.39. The van der Waals surface area contributed by atoms with Gasteiger partial charge in [0.1, 0.15) is 3.70 Å². The van der Waals surface area contributed by atoms with E-state index in [9.17, 15) is 5.11 Å². The van der Waals surface area contributed by atoms with Gasteiger partial charge in [-0.3, -0.25) is 0 Å². The lowest BCUT2D eigenvalue weighted by molar-refractivity contribution is 0.452. The first-order valence-corrected chi connectivity index (χ1v) is 5.36. The van der Waals surface area contributed by atoms with Crippen molar-refractivity contribution < 1.29 is 5.11 Å². The molecule has 0 aliphatic rings. The van der Waals surface area contributed by atoms with E-state index in [0.29, 0.717) is 0 Å². The van der Waals surface area contributed by atoms with E-state index in [0.717, 1.165) is 18.9 Å². The van der Waals surface area contributed by atoms with Crippen LogP contribution in [0.4, 0.5) is 0 Å². The number of nitrogens with zero attached hydrogens (tertiary/aromatic N) is 2. The van der Waals surface area contributed by atoms with E-state index < -0.39 is 0 Å². The number of fused-ring (bicyclic) bond motifs is 1. The number of aromatic hydroxyl groups is 1. The highest BCUT2D eigenvalue weighted by molar-refractivity contribution is 14.1. The van der Waals surface area contributed by atoms with E-state index in [-0.39, 0.29) is 5.88 Å². The molecule has 3 nitrogen and oxygen atoms in total. The molecule has 0 unspecified atom stereocenters. The Hall–Kier alpha value is -0.430. The number of halogens is 2. The van der Waals surface area contributed by atoms with Crippen molar-refractivity contribution in [1.82, 2.24) is 10.2 Å². The van der Waals surface area contributed by atoms with Crippen molar-refractivity contribution in [3.05, 3.63) is 26.4 Å². The molecule has 1 aromatic carbocycles. The molecule has 2 aromatic rings. The van der Waals surface area contributed by atoms with E-state index in [2.05, 4.69) is 48.7 Å². The summed E-state index contributed by atoms with van der Waals surface area (Å²) in [6.45, 7) is 0. The van der Waals surface area contributed by atoms with Crippen LogP contribution >= 0.6 is 38.5 Å². The van der Waals surface area contributed by atoms with Crippen LogP contribution in [0, 0.1) is 3.70 Å². The Bertz CT molecular complexity index is 475. The third kappa shape index (κ3) is 1.62. The number of hydrogen-bond donors (Lipinski definition) is 1. The van der Waals surface area contributed by atoms with Crippen LogP contribution in [0.2, 0.25) is 0 Å². The minimum Gasteiger partial charge on any atom is -0.492 e. The Kier molecular flexibility index (Phi) is 2.37. The fourth-order valence-electron chi connectivity index (χ4n) is 1.08. The molecule has 0 aliphatic heterocycles. The van der Waals surface area contributed by atoms with Crippen LogP contribution in [0.3, 0.4) is 0 Å². The normalized spacial score (nSPS) is 10.6. The van der Waals surface area contributed by atoms with Gasteiger partial charge in [0, 0.05) is 15.2 Å². The van der Waals surface area contributed by atoms with E-state index >= 15 is 0 Å². The molecule has 13 heavy (non-hydrogen) atoms. The molecule has 2 rings (SSSR count). The number of aromatic nitrogens is 2. The summed E-state index contributed by atoms with van der Waals surface area (Å²) in [6, 6.07) is 5.58. The standard InChI is InChI=1S/C8H4BrIN2O/c9-4-1-2-5-6(3-4)7(10)11-12-8(5)13/h1-3H,(H,12,13). The molecule has 0 aliphatic carbocycles. The highest BCUT2D eigenvalue weighted by Gasteiger charge is 2.05. The molecule has 5 heteroatoms. The summed E-state index contributed by atoms with van der Waals surface area (Å²) in [7, 11) is 0. The maximum absolute atomic E-state index is 9.39. The minimum atomic E-state index is -0.0251. The largest absolute Gasteiger partial charge is 0.492 e. The van der Waals surface area contributed by atoms with Gasteiger partial charge in [0.2, 0.25) is 5.88 Å². The molecule has 1 aromatic heterocycles. The van der Waals surface area contributed by atoms with Crippen LogP contribution in [-0.4, -0.2) is 15.3 Å². The summed E-state index contributed by atoms with van der Waals surface area (Å²) in [4.78, 5) is 0. The van der Waals surface area contributed by atoms with Crippen molar-refractivity contribution in [2.24, 2.45) is 0 Å². The van der Waals surface area contributed by atoms with Crippen LogP contribution in [0.25, 0.3) is 10.8 Å². The quantitative estimate of drug-likeness (QED) is 0.743. The minimum absolute atomic E-state index is 0.0251. The Balaban J connectivity index is 2.92. The number of rotatable bonds is 0. The van der Waals surface area contributed by atoms with Crippen LogP contribution in [0.1, 0.15) is 0 Å². The van der Waals surface area contributed by atoms with Gasteiger partial charge in [0.05, 0.1) is 0 Å². The average molecular weight is 351 g/mol. The molecule has 1 heterocycles. The second-order valence-corrected chi connectivity index (χ2v) is 4.44. The summed E-state index contributed by atoms with van der Waals surface area (Å²) in [6.07, 6.45) is 0. The van der Waals surface area contributed by atoms with Crippen molar-refractivity contribution in [3.63, 3.8) is 0 Å². The van der Waals surface area contributed by atoms with Gasteiger partial charge in [-0.05, 0) is 40.8 Å². The van der Waals surface area contributed by atoms with Crippen LogP contribution < -0.4 is 0 Å². The molecule has 0 saturated carbocycles. The van der Waals surface area contributed by atoms with E-state index in [1.807, 2.05) is 18.2 Å². The van der Waals surface area contributed by atoms with Crippen molar-refractivity contribution >= 4 is 49.3 Å². The fraction of sp³-hybridized carbons (Fsp3) is 0. The van der Waals surface area contributed by atoms with Crippen molar-refractivity contribution in [2.75, 3.05) is 0 Å². The first-order chi connectivity index (χ1) is 6.18. The summed E-state index contributed by atoms with van der Waals surface area (Å²) in [5.74, 6) is -0.0251. The summed E-state index contributed by atoms with van der Waals surface area (Å²) < 4.78 is 1.75. The monoisotopic (exact) mass is 350 g/mol. The Labute approximate surface area is 96.4 Å². The zero-order valence-corrected chi connectivity index (χ0v) is 10.1. The van der Waals surface area contributed by atoms with Crippen molar-refractivity contribution in [1.29, 1.82) is 0 Å². The molecular weight excluding hydrogens is 347 g/mol. The second-order valence-electron chi connectivity index (χ2n) is 2.50. The third-order valence-electron chi connectivity index (χ3n) is 1.68. The van der Waals surface area contributed by atoms with Gasteiger partial charge < -0.3 is 5.11 Å². The third-order valence-corrected chi connectivity index (χ3v) is 2.97. The molecule has 66 valence electrons. The lowest BCUT2D eigenvalue weighted by Crippen LogP contribution is -1.88. The zero-order valence-electron chi connectivity index (χ0n) is 6.33. The van der Waals surface area contributed by atoms with E-state index in [4.69, 9.17) is 0 Å². The first-order valence-electron chi connectivity index (χ1n) is 3.49. The second kappa shape index (κ2) is 3.38. The topological polar surface area (TPSA) is 46.0 Å². The van der Waals surface area contributed by atoms with Gasteiger partial charge in [-0.2, -0.15) is 0 Å². The van der Waals surface area contributed by atoms with Crippen LogP contribution in [-0.2, 0) is 0 Å². The summed E-state index contributed by atoms with van der Waals surface area (Å²) in [5.41, 5.74) is 0. The molecule has 0 bridgehead atoms. The van der Waals surface area contributed by atoms with Gasteiger partial charge in [-0.25, -0.2) is 0 Å². The van der Waals surface area contributed by atoms with E-state index in [1.165, 1.54) is 0 Å². The molecule has 0 radical (unpaired) electrons. The Morgan fingerprint density at radius 1 is 1.23 bits per heavy atom. The van der Waals surface area contributed by atoms with Crippen LogP contribution in [0.15, 0.2) is 22.7 Å². The SMILES string of the molecule is Oc1nnc(I)c2cc(Br)ccc12. The number of benzene rings is 1. The van der Waals surface area contributed by atoms with Crippen molar-refractivity contribution in [2.45, 2.75) is 0 Å². The molecular formula is C8H4BrIN2O. The van der Waals surface area contributed by atoms with Gasteiger partial charge >= 0.3 is 0 Å².